The van der Waals surface area contributed by atoms with Gasteiger partial charge >= 0.3 is 0 Å². The lowest BCUT2D eigenvalue weighted by atomic mass is 10.1. The molecule has 0 bridgehead atoms. The van der Waals surface area contributed by atoms with Crippen molar-refractivity contribution in [3.8, 4) is 0 Å². The average Bonchev–Trinajstić information content (AvgIpc) is 3.18. The lowest BCUT2D eigenvalue weighted by Gasteiger charge is -2.29. The summed E-state index contributed by atoms with van der Waals surface area (Å²) >= 11 is 0. The van der Waals surface area contributed by atoms with E-state index < -0.39 is 12.2 Å². The highest BCUT2D eigenvalue weighted by Crippen LogP contribution is 2.34. The Labute approximate surface area is 153 Å². The minimum atomic E-state index is -0.761. The van der Waals surface area contributed by atoms with Gasteiger partial charge in [-0.05, 0) is 36.3 Å². The predicted octanol–water partition coefficient (Wildman–Crippen LogP) is 2.14. The van der Waals surface area contributed by atoms with Crippen molar-refractivity contribution in [1.82, 2.24) is 9.97 Å². The third-order valence-corrected chi connectivity index (χ3v) is 5.91. The molecule has 5 atom stereocenters. The summed E-state index contributed by atoms with van der Waals surface area (Å²) in [5.41, 5.74) is 2.73. The van der Waals surface area contributed by atoms with Crippen LogP contribution in [0.4, 0.5) is 11.6 Å². The van der Waals surface area contributed by atoms with Gasteiger partial charge in [-0.1, -0.05) is 31.2 Å². The fourth-order valence-electron chi connectivity index (χ4n) is 4.29. The summed E-state index contributed by atoms with van der Waals surface area (Å²) in [6.07, 6.45) is 2.98. The second kappa shape index (κ2) is 6.85. The van der Waals surface area contributed by atoms with E-state index in [1.54, 1.807) is 6.33 Å². The minimum Gasteiger partial charge on any atom is -0.390 e. The van der Waals surface area contributed by atoms with E-state index in [0.29, 0.717) is 0 Å². The molecule has 1 heterocycles. The molecule has 6 nitrogen and oxygen atoms in total. The summed E-state index contributed by atoms with van der Waals surface area (Å²) in [5.74, 6) is 1.61. The molecular formula is C20H26N4O2. The van der Waals surface area contributed by atoms with Crippen LogP contribution in [0, 0.1) is 5.92 Å². The van der Waals surface area contributed by atoms with Gasteiger partial charge in [0.2, 0.25) is 0 Å². The van der Waals surface area contributed by atoms with Crippen molar-refractivity contribution in [1.29, 1.82) is 0 Å². The van der Waals surface area contributed by atoms with E-state index in [2.05, 4.69) is 39.6 Å². The molecular weight excluding hydrogens is 328 g/mol. The first-order chi connectivity index (χ1) is 12.5. The molecule has 0 saturated heterocycles. The number of nitrogens with zero attached hydrogens (tertiary/aromatic N) is 3. The highest BCUT2D eigenvalue weighted by Gasteiger charge is 2.41. The molecule has 2 aromatic rings. The molecule has 6 heteroatoms. The summed E-state index contributed by atoms with van der Waals surface area (Å²) in [6.45, 7) is 1.96. The molecule has 0 unspecified atom stereocenters. The van der Waals surface area contributed by atoms with E-state index in [4.69, 9.17) is 0 Å². The molecule has 4 rings (SSSR count). The molecule has 0 amide bonds. The van der Waals surface area contributed by atoms with Crippen LogP contribution in [0.25, 0.3) is 0 Å². The maximum Gasteiger partial charge on any atom is 0.134 e. The van der Waals surface area contributed by atoms with Crippen molar-refractivity contribution in [2.45, 2.75) is 50.5 Å². The number of aromatic nitrogens is 2. The summed E-state index contributed by atoms with van der Waals surface area (Å²) < 4.78 is 0. The molecule has 2 aliphatic carbocycles. The van der Waals surface area contributed by atoms with Crippen molar-refractivity contribution < 1.29 is 10.2 Å². The zero-order chi connectivity index (χ0) is 18.3. The first-order valence-electron chi connectivity index (χ1n) is 9.30. The van der Waals surface area contributed by atoms with Gasteiger partial charge in [-0.3, -0.25) is 0 Å². The lowest BCUT2D eigenvalue weighted by molar-refractivity contribution is 0.0184. The van der Waals surface area contributed by atoms with Gasteiger partial charge in [0.25, 0.3) is 0 Å². The number of likely N-dealkylation sites (N-methyl/N-ethyl adjacent to an activating group) is 1. The van der Waals surface area contributed by atoms with Gasteiger partial charge in [-0.15, -0.1) is 0 Å². The van der Waals surface area contributed by atoms with Gasteiger partial charge in [0.15, 0.2) is 0 Å². The first kappa shape index (κ1) is 17.2. The number of aliphatic hydroxyl groups excluding tert-OH is 2. The SMILES string of the molecule is C[C@@H]1C[C@@H](N(C)c2cc(N[C@H]3CCc4ccccc43)ncn2)[C@H](O)[C@@H]1O. The Hall–Kier alpha value is -2.18. The van der Waals surface area contributed by atoms with E-state index in [1.807, 2.05) is 24.9 Å². The number of aryl methyl sites for hydroxylation is 1. The zero-order valence-electron chi connectivity index (χ0n) is 15.2. The maximum atomic E-state index is 10.3. The highest BCUT2D eigenvalue weighted by molar-refractivity contribution is 5.51. The van der Waals surface area contributed by atoms with E-state index in [-0.39, 0.29) is 18.0 Å². The van der Waals surface area contributed by atoms with Crippen LogP contribution >= 0.6 is 0 Å². The van der Waals surface area contributed by atoms with Crippen LogP contribution in [-0.4, -0.2) is 45.5 Å². The molecule has 2 aliphatic rings. The fourth-order valence-corrected chi connectivity index (χ4v) is 4.29. The summed E-state index contributed by atoms with van der Waals surface area (Å²) in [5, 5.41) is 23.9. The normalized spacial score (nSPS) is 30.2. The molecule has 26 heavy (non-hydrogen) atoms. The smallest absolute Gasteiger partial charge is 0.134 e. The number of hydrogen-bond acceptors (Lipinski definition) is 6. The molecule has 138 valence electrons. The Balaban J connectivity index is 1.51. The van der Waals surface area contributed by atoms with E-state index in [9.17, 15) is 10.2 Å². The standard InChI is InChI=1S/C20H26N4O2/c1-12-9-16(20(26)19(12)25)24(2)18-10-17(21-11-22-18)23-15-8-7-13-5-3-4-6-14(13)15/h3-6,10-12,15-16,19-20,25-26H,7-9H2,1-2H3,(H,21,22,23)/t12-,15+,16-,19-,20+/m1/s1. The van der Waals surface area contributed by atoms with Crippen molar-refractivity contribution in [3.63, 3.8) is 0 Å². The largest absolute Gasteiger partial charge is 0.390 e. The Morgan fingerprint density at radius 1 is 1.15 bits per heavy atom. The van der Waals surface area contributed by atoms with Gasteiger partial charge in [0, 0.05) is 13.1 Å². The number of fused-ring (bicyclic) bond motifs is 1. The van der Waals surface area contributed by atoms with Crippen LogP contribution in [0.1, 0.15) is 36.9 Å². The van der Waals surface area contributed by atoms with Crippen LogP contribution in [0.2, 0.25) is 0 Å². The van der Waals surface area contributed by atoms with Gasteiger partial charge < -0.3 is 20.4 Å². The van der Waals surface area contributed by atoms with Crippen LogP contribution in [0.5, 0.6) is 0 Å². The monoisotopic (exact) mass is 354 g/mol. The zero-order valence-corrected chi connectivity index (χ0v) is 15.2. The number of benzene rings is 1. The molecule has 0 spiro atoms. The second-order valence-corrected chi connectivity index (χ2v) is 7.57. The van der Waals surface area contributed by atoms with Gasteiger partial charge in [0.1, 0.15) is 24.1 Å². The second-order valence-electron chi connectivity index (χ2n) is 7.57. The topological polar surface area (TPSA) is 81.5 Å². The number of rotatable bonds is 4. The third-order valence-electron chi connectivity index (χ3n) is 5.91. The van der Waals surface area contributed by atoms with Crippen LogP contribution < -0.4 is 10.2 Å². The Bertz CT molecular complexity index is 784. The summed E-state index contributed by atoms with van der Waals surface area (Å²) in [4.78, 5) is 10.7. The van der Waals surface area contributed by atoms with Crippen molar-refractivity contribution in [2.24, 2.45) is 5.92 Å². The molecule has 1 fully saturated rings. The number of nitrogens with one attached hydrogen (secondary N) is 1. The molecule has 1 aromatic carbocycles. The first-order valence-corrected chi connectivity index (χ1v) is 9.30. The summed E-state index contributed by atoms with van der Waals surface area (Å²) in [7, 11) is 1.91. The van der Waals surface area contributed by atoms with Crippen molar-refractivity contribution in [2.75, 3.05) is 17.3 Å². The molecule has 1 saturated carbocycles. The number of aliphatic hydroxyl groups is 2. The van der Waals surface area contributed by atoms with Gasteiger partial charge in [-0.2, -0.15) is 0 Å². The molecule has 3 N–H and O–H groups in total. The number of anilines is 2. The van der Waals surface area contributed by atoms with E-state index in [1.165, 1.54) is 11.1 Å². The summed E-state index contributed by atoms with van der Waals surface area (Å²) in [6, 6.07) is 10.6. The van der Waals surface area contributed by atoms with Crippen molar-refractivity contribution in [3.05, 3.63) is 47.8 Å². The highest BCUT2D eigenvalue weighted by atomic mass is 16.3. The Morgan fingerprint density at radius 3 is 2.73 bits per heavy atom. The van der Waals surface area contributed by atoms with Gasteiger partial charge in [-0.25, -0.2) is 9.97 Å². The van der Waals surface area contributed by atoms with Crippen LogP contribution in [0.15, 0.2) is 36.7 Å². The average molecular weight is 354 g/mol. The number of hydrogen-bond donors (Lipinski definition) is 3. The lowest BCUT2D eigenvalue weighted by Crippen LogP contribution is -2.41. The quantitative estimate of drug-likeness (QED) is 0.780. The molecule has 0 radical (unpaired) electrons. The minimum absolute atomic E-state index is 0.0758. The van der Waals surface area contributed by atoms with E-state index in [0.717, 1.165) is 30.9 Å². The van der Waals surface area contributed by atoms with Crippen LogP contribution in [0.3, 0.4) is 0 Å². The molecule has 1 aromatic heterocycles. The van der Waals surface area contributed by atoms with E-state index >= 15 is 0 Å². The molecule has 0 aliphatic heterocycles. The van der Waals surface area contributed by atoms with Crippen molar-refractivity contribution >= 4 is 11.6 Å². The third kappa shape index (κ3) is 3.04. The fraction of sp³-hybridized carbons (Fsp3) is 0.500. The van der Waals surface area contributed by atoms with Gasteiger partial charge in [0.05, 0.1) is 18.2 Å². The Morgan fingerprint density at radius 2 is 1.96 bits per heavy atom. The maximum absolute atomic E-state index is 10.3. The Kier molecular flexibility index (Phi) is 4.54. The van der Waals surface area contributed by atoms with Crippen LogP contribution in [-0.2, 0) is 6.42 Å². The predicted molar refractivity (Wildman–Crippen MR) is 101 cm³/mol.